The molecule has 1 aliphatic rings. The first kappa shape index (κ1) is 24.6. The lowest BCUT2D eigenvalue weighted by Gasteiger charge is -2.29. The van der Waals surface area contributed by atoms with Crippen molar-refractivity contribution in [2.75, 3.05) is 26.3 Å². The van der Waals surface area contributed by atoms with Crippen LogP contribution in [0.25, 0.3) is 33.2 Å². The van der Waals surface area contributed by atoms with E-state index < -0.39 is 17.1 Å². The standard InChI is InChI=1S/C31H26N2O6/c34-23-17-24(35)29-25(36)18-26(19-6-2-1-3-7-19)39-31(29)28(23)22(16-27(37)33-12-14-38-15-13-33)21-10-4-8-20-9-5-11-32-30(20)21/h1-11,17-18,22,34-35H,12-16H2. The number of nitrogens with zero attached hydrogens (tertiary/aromatic N) is 2. The number of aromatic nitrogens is 1. The number of hydrogen-bond donors (Lipinski definition) is 2. The van der Waals surface area contributed by atoms with Crippen LogP contribution >= 0.6 is 0 Å². The Kier molecular flexibility index (Phi) is 6.46. The van der Waals surface area contributed by atoms with Crippen molar-refractivity contribution in [2.45, 2.75) is 12.3 Å². The Hall–Kier alpha value is -4.69. The van der Waals surface area contributed by atoms with Crippen LogP contribution in [0.3, 0.4) is 0 Å². The monoisotopic (exact) mass is 522 g/mol. The first-order valence-corrected chi connectivity index (χ1v) is 12.8. The minimum Gasteiger partial charge on any atom is -0.507 e. The lowest BCUT2D eigenvalue weighted by molar-refractivity contribution is -0.135. The van der Waals surface area contributed by atoms with Gasteiger partial charge in [-0.2, -0.15) is 0 Å². The molecule has 8 heteroatoms. The van der Waals surface area contributed by atoms with E-state index >= 15 is 0 Å². The van der Waals surface area contributed by atoms with Crippen molar-refractivity contribution in [3.63, 3.8) is 0 Å². The normalized spacial score (nSPS) is 14.5. The minimum atomic E-state index is -0.726. The van der Waals surface area contributed by atoms with Gasteiger partial charge in [0, 0.05) is 60.3 Å². The Morgan fingerprint density at radius 1 is 0.949 bits per heavy atom. The number of aromatic hydroxyl groups is 2. The molecule has 6 rings (SSSR count). The van der Waals surface area contributed by atoms with Crippen LogP contribution in [0.5, 0.6) is 11.5 Å². The summed E-state index contributed by atoms with van der Waals surface area (Å²) >= 11 is 0. The molecule has 196 valence electrons. The summed E-state index contributed by atoms with van der Waals surface area (Å²) in [4.78, 5) is 33.2. The van der Waals surface area contributed by atoms with Gasteiger partial charge >= 0.3 is 0 Å². The molecule has 39 heavy (non-hydrogen) atoms. The molecule has 1 fully saturated rings. The highest BCUT2D eigenvalue weighted by molar-refractivity contribution is 5.92. The van der Waals surface area contributed by atoms with Crippen LogP contribution in [0.4, 0.5) is 0 Å². The molecule has 5 aromatic rings. The highest BCUT2D eigenvalue weighted by Crippen LogP contribution is 2.44. The van der Waals surface area contributed by atoms with E-state index in [9.17, 15) is 19.8 Å². The fraction of sp³-hybridized carbons (Fsp3) is 0.194. The third kappa shape index (κ3) is 4.59. The zero-order valence-corrected chi connectivity index (χ0v) is 21.0. The number of para-hydroxylation sites is 1. The molecule has 8 nitrogen and oxygen atoms in total. The van der Waals surface area contributed by atoms with Gasteiger partial charge in [0.05, 0.1) is 18.7 Å². The number of benzene rings is 3. The molecule has 1 atom stereocenters. The molecule has 0 bridgehead atoms. The molecule has 1 amide bonds. The number of carbonyl (C=O) groups is 1. The molecule has 0 radical (unpaired) electrons. The third-order valence-corrected chi connectivity index (χ3v) is 7.19. The van der Waals surface area contributed by atoms with E-state index in [2.05, 4.69) is 4.98 Å². The van der Waals surface area contributed by atoms with Crippen molar-refractivity contribution in [2.24, 2.45) is 0 Å². The van der Waals surface area contributed by atoms with Gasteiger partial charge in [-0.15, -0.1) is 0 Å². The number of phenolic OH excluding ortho intramolecular Hbond substituents is 2. The van der Waals surface area contributed by atoms with Crippen LogP contribution in [-0.2, 0) is 9.53 Å². The summed E-state index contributed by atoms with van der Waals surface area (Å²) in [7, 11) is 0. The minimum absolute atomic E-state index is 0.0115. The van der Waals surface area contributed by atoms with Crippen LogP contribution in [0.1, 0.15) is 23.5 Å². The zero-order chi connectivity index (χ0) is 26.9. The predicted octanol–water partition coefficient (Wildman–Crippen LogP) is 4.80. The maximum Gasteiger partial charge on any atom is 0.223 e. The molecular formula is C31H26N2O6. The maximum atomic E-state index is 13.6. The zero-order valence-electron chi connectivity index (χ0n) is 21.0. The van der Waals surface area contributed by atoms with Crippen molar-refractivity contribution < 1.29 is 24.2 Å². The molecule has 0 spiro atoms. The summed E-state index contributed by atoms with van der Waals surface area (Å²) in [6.45, 7) is 1.84. The smallest absolute Gasteiger partial charge is 0.223 e. The Morgan fingerprint density at radius 3 is 2.51 bits per heavy atom. The second kappa shape index (κ2) is 10.2. The summed E-state index contributed by atoms with van der Waals surface area (Å²) in [5.74, 6) is -1.24. The molecular weight excluding hydrogens is 496 g/mol. The average Bonchev–Trinajstić information content (AvgIpc) is 2.96. The fourth-order valence-corrected chi connectivity index (χ4v) is 5.30. The van der Waals surface area contributed by atoms with Gasteiger partial charge in [-0.3, -0.25) is 14.6 Å². The van der Waals surface area contributed by atoms with Crippen molar-refractivity contribution in [1.29, 1.82) is 0 Å². The van der Waals surface area contributed by atoms with Crippen LogP contribution in [-0.4, -0.2) is 52.3 Å². The Labute approximate surface area is 223 Å². The number of ether oxygens (including phenoxy) is 1. The van der Waals surface area contributed by atoms with E-state index in [4.69, 9.17) is 9.15 Å². The molecule has 1 saturated heterocycles. The second-order valence-electron chi connectivity index (χ2n) is 9.55. The van der Waals surface area contributed by atoms with E-state index in [1.807, 2.05) is 48.5 Å². The van der Waals surface area contributed by atoms with E-state index in [1.54, 1.807) is 23.2 Å². The molecule has 3 aromatic carbocycles. The van der Waals surface area contributed by atoms with Gasteiger partial charge in [0.2, 0.25) is 5.91 Å². The van der Waals surface area contributed by atoms with Gasteiger partial charge < -0.3 is 24.3 Å². The highest BCUT2D eigenvalue weighted by atomic mass is 16.5. The average molecular weight is 523 g/mol. The summed E-state index contributed by atoms with van der Waals surface area (Å²) in [5, 5.41) is 22.8. The predicted molar refractivity (Wildman–Crippen MR) is 147 cm³/mol. The molecule has 1 unspecified atom stereocenters. The van der Waals surface area contributed by atoms with Crippen LogP contribution in [0, 0.1) is 0 Å². The van der Waals surface area contributed by atoms with Gasteiger partial charge in [-0.1, -0.05) is 54.6 Å². The first-order valence-electron chi connectivity index (χ1n) is 12.8. The molecule has 1 aliphatic heterocycles. The lowest BCUT2D eigenvalue weighted by atomic mass is 9.84. The van der Waals surface area contributed by atoms with Gasteiger partial charge in [0.15, 0.2) is 5.43 Å². The number of morpholine rings is 1. The largest absolute Gasteiger partial charge is 0.507 e. The van der Waals surface area contributed by atoms with Gasteiger partial charge in [-0.25, -0.2) is 0 Å². The third-order valence-electron chi connectivity index (χ3n) is 7.19. The lowest BCUT2D eigenvalue weighted by Crippen LogP contribution is -2.41. The number of fused-ring (bicyclic) bond motifs is 2. The van der Waals surface area contributed by atoms with Crippen molar-refractivity contribution >= 4 is 27.8 Å². The number of pyridine rings is 1. The highest BCUT2D eigenvalue weighted by Gasteiger charge is 2.31. The maximum absolute atomic E-state index is 13.6. The van der Waals surface area contributed by atoms with Gasteiger partial charge in [0.25, 0.3) is 0 Å². The number of hydrogen-bond acceptors (Lipinski definition) is 7. The number of carbonyl (C=O) groups excluding carboxylic acids is 1. The van der Waals surface area contributed by atoms with E-state index in [0.29, 0.717) is 42.9 Å². The van der Waals surface area contributed by atoms with Gasteiger partial charge in [0.1, 0.15) is 28.2 Å². The molecule has 2 N–H and O–H groups in total. The van der Waals surface area contributed by atoms with E-state index in [-0.39, 0.29) is 40.4 Å². The molecule has 2 aromatic heterocycles. The number of amides is 1. The Bertz CT molecular complexity index is 1740. The van der Waals surface area contributed by atoms with E-state index in [1.165, 1.54) is 6.07 Å². The number of phenols is 2. The Morgan fingerprint density at radius 2 is 1.72 bits per heavy atom. The van der Waals surface area contributed by atoms with Crippen molar-refractivity contribution in [3.05, 3.63) is 100 Å². The summed E-state index contributed by atoms with van der Waals surface area (Å²) in [5.41, 5.74) is 1.86. The fourth-order valence-electron chi connectivity index (χ4n) is 5.30. The quantitative estimate of drug-likeness (QED) is 0.341. The summed E-state index contributed by atoms with van der Waals surface area (Å²) in [6.07, 6.45) is 1.66. The summed E-state index contributed by atoms with van der Waals surface area (Å²) < 4.78 is 11.7. The summed E-state index contributed by atoms with van der Waals surface area (Å²) in [6, 6.07) is 21.0. The van der Waals surface area contributed by atoms with Crippen molar-refractivity contribution in [1.82, 2.24) is 9.88 Å². The molecule has 0 aliphatic carbocycles. The Balaban J connectivity index is 1.61. The van der Waals surface area contributed by atoms with E-state index in [0.717, 1.165) is 11.5 Å². The molecule has 0 saturated carbocycles. The number of rotatable bonds is 5. The first-order chi connectivity index (χ1) is 19.0. The molecule has 3 heterocycles. The van der Waals surface area contributed by atoms with Crippen LogP contribution < -0.4 is 5.43 Å². The van der Waals surface area contributed by atoms with Gasteiger partial charge in [-0.05, 0) is 11.6 Å². The van der Waals surface area contributed by atoms with Crippen LogP contribution in [0.2, 0.25) is 0 Å². The van der Waals surface area contributed by atoms with Crippen molar-refractivity contribution in [3.8, 4) is 22.8 Å². The topological polar surface area (TPSA) is 113 Å². The SMILES string of the molecule is O=C(CC(c1cccc2cccnc12)c1c(O)cc(O)c2c(=O)cc(-c3ccccc3)oc12)N1CCOCC1. The second-order valence-corrected chi connectivity index (χ2v) is 9.55. The van der Waals surface area contributed by atoms with Crippen LogP contribution in [0.15, 0.2) is 88.2 Å².